The van der Waals surface area contributed by atoms with Gasteiger partial charge >= 0.3 is 0 Å². The second-order valence-corrected chi connectivity index (χ2v) is 4.66. The average Bonchev–Trinajstić information content (AvgIpc) is 2.71. The van der Waals surface area contributed by atoms with Gasteiger partial charge in [-0.05, 0) is 26.1 Å². The van der Waals surface area contributed by atoms with Gasteiger partial charge in [0.15, 0.2) is 0 Å². The molecule has 0 amide bonds. The molecular formula is C12H7N2P. The fraction of sp³-hybridized carbons (Fsp3) is 0. The summed E-state index contributed by atoms with van der Waals surface area (Å²) in [5.74, 6) is 2.23. The van der Waals surface area contributed by atoms with Crippen LogP contribution in [0.25, 0.3) is 27.2 Å². The molecule has 0 atom stereocenters. The van der Waals surface area contributed by atoms with Crippen molar-refractivity contribution < 1.29 is 0 Å². The van der Waals surface area contributed by atoms with Crippen LogP contribution in [0.3, 0.4) is 0 Å². The maximum atomic E-state index is 4.49. The lowest BCUT2D eigenvalue weighted by molar-refractivity contribution is 1.28. The molecule has 4 rings (SSSR count). The number of aromatic nitrogens is 2. The molecule has 0 N–H and O–H groups in total. The van der Waals surface area contributed by atoms with Crippen LogP contribution in [0.4, 0.5) is 0 Å². The molecule has 0 unspecified atom stereocenters. The van der Waals surface area contributed by atoms with E-state index in [-0.39, 0.29) is 0 Å². The summed E-state index contributed by atoms with van der Waals surface area (Å²) in [6.07, 6.45) is 1.97. The number of rotatable bonds is 0. The summed E-state index contributed by atoms with van der Waals surface area (Å²) in [6.45, 7) is 0. The monoisotopic (exact) mass is 210 g/mol. The summed E-state index contributed by atoms with van der Waals surface area (Å²) in [4.78, 5) is 4.49. The third-order valence-corrected chi connectivity index (χ3v) is 3.81. The van der Waals surface area contributed by atoms with Crippen molar-refractivity contribution in [3.05, 3.63) is 42.3 Å². The number of benzene rings is 1. The van der Waals surface area contributed by atoms with Gasteiger partial charge in [-0.3, -0.25) is 4.98 Å². The summed E-state index contributed by atoms with van der Waals surface area (Å²) >= 11 is 0. The van der Waals surface area contributed by atoms with Crippen molar-refractivity contribution in [3.63, 3.8) is 0 Å². The second-order valence-electron chi connectivity index (χ2n) is 3.68. The Labute approximate surface area is 87.6 Å². The lowest BCUT2D eigenvalue weighted by Crippen LogP contribution is -1.91. The highest BCUT2D eigenvalue weighted by atomic mass is 31.0. The van der Waals surface area contributed by atoms with E-state index in [9.17, 15) is 0 Å². The van der Waals surface area contributed by atoms with Gasteiger partial charge in [-0.15, -0.1) is 0 Å². The van der Waals surface area contributed by atoms with Gasteiger partial charge in [0.25, 0.3) is 0 Å². The molecule has 0 fully saturated rings. The molecule has 3 heterocycles. The molecule has 3 heteroatoms. The number of para-hydroxylation sites is 1. The highest BCUT2D eigenvalue weighted by Crippen LogP contribution is 2.29. The van der Waals surface area contributed by atoms with Crippen molar-refractivity contribution in [3.8, 4) is 0 Å². The Bertz CT molecular complexity index is 712. The second kappa shape index (κ2) is 2.47. The Morgan fingerprint density at radius 2 is 2.13 bits per heavy atom. The standard InChI is InChI=1S/C12H7N2P/c1-2-8-4-5-9-7-15-11-6-13-10(3-1)12(8)14(9)11/h1-7H. The van der Waals surface area contributed by atoms with Gasteiger partial charge in [0.2, 0.25) is 0 Å². The fourth-order valence-corrected chi connectivity index (χ4v) is 3.09. The van der Waals surface area contributed by atoms with E-state index in [0.717, 1.165) is 5.52 Å². The molecule has 0 aliphatic heterocycles. The SMILES string of the molecule is c1cc2ccc3cpc4cnc(c1)c2n34. The van der Waals surface area contributed by atoms with Gasteiger partial charge in [0.05, 0.1) is 28.0 Å². The molecule has 0 aliphatic rings. The van der Waals surface area contributed by atoms with Crippen molar-refractivity contribution in [2.24, 2.45) is 0 Å². The Morgan fingerprint density at radius 3 is 3.13 bits per heavy atom. The Kier molecular flexibility index (Phi) is 1.25. The van der Waals surface area contributed by atoms with Crippen LogP contribution in [0.2, 0.25) is 0 Å². The van der Waals surface area contributed by atoms with Crippen molar-refractivity contribution in [1.29, 1.82) is 0 Å². The molecule has 2 nitrogen and oxygen atoms in total. The first-order chi connectivity index (χ1) is 7.43. The van der Waals surface area contributed by atoms with Gasteiger partial charge < -0.3 is 4.40 Å². The highest BCUT2D eigenvalue weighted by Gasteiger charge is 2.07. The van der Waals surface area contributed by atoms with E-state index in [4.69, 9.17) is 0 Å². The van der Waals surface area contributed by atoms with Crippen molar-refractivity contribution in [2.45, 2.75) is 0 Å². The molecule has 0 aliphatic carbocycles. The van der Waals surface area contributed by atoms with E-state index in [1.165, 1.54) is 29.9 Å². The van der Waals surface area contributed by atoms with E-state index in [2.05, 4.69) is 45.5 Å². The van der Waals surface area contributed by atoms with E-state index in [0.29, 0.717) is 0 Å². The molecule has 0 saturated heterocycles. The molecule has 0 saturated carbocycles. The largest absolute Gasteiger partial charge is 0.302 e. The normalized spacial score (nSPS) is 12.5. The van der Waals surface area contributed by atoms with Crippen LogP contribution >= 0.6 is 8.19 Å². The smallest absolute Gasteiger partial charge is 0.0919 e. The first-order valence-corrected chi connectivity index (χ1v) is 5.83. The Balaban J connectivity index is 2.54. The van der Waals surface area contributed by atoms with E-state index < -0.39 is 0 Å². The molecule has 0 spiro atoms. The van der Waals surface area contributed by atoms with Gasteiger partial charge in [0.1, 0.15) is 0 Å². The third-order valence-electron chi connectivity index (χ3n) is 2.84. The first-order valence-electron chi connectivity index (χ1n) is 4.87. The minimum absolute atomic E-state index is 1.07. The van der Waals surface area contributed by atoms with E-state index in [1.54, 1.807) is 0 Å². The van der Waals surface area contributed by atoms with Crippen molar-refractivity contribution in [2.75, 3.05) is 0 Å². The predicted octanol–water partition coefficient (Wildman–Crippen LogP) is 3.66. The molecular weight excluding hydrogens is 203 g/mol. The van der Waals surface area contributed by atoms with Crippen molar-refractivity contribution in [1.82, 2.24) is 9.38 Å². The van der Waals surface area contributed by atoms with Crippen LogP contribution in [-0.4, -0.2) is 9.38 Å². The lowest BCUT2D eigenvalue weighted by atomic mass is 10.2. The van der Waals surface area contributed by atoms with Crippen LogP contribution in [0, 0.1) is 0 Å². The third kappa shape index (κ3) is 0.852. The zero-order chi connectivity index (χ0) is 9.83. The summed E-state index contributed by atoms with van der Waals surface area (Å²) in [5, 5.41) is 2.52. The van der Waals surface area contributed by atoms with Gasteiger partial charge in [-0.25, -0.2) is 0 Å². The first kappa shape index (κ1) is 7.61. The summed E-state index contributed by atoms with van der Waals surface area (Å²) in [5.41, 5.74) is 3.59. The topological polar surface area (TPSA) is 17.3 Å². The van der Waals surface area contributed by atoms with Crippen molar-refractivity contribution >= 4 is 35.4 Å². The predicted molar refractivity (Wildman–Crippen MR) is 63.9 cm³/mol. The van der Waals surface area contributed by atoms with Crippen LogP contribution in [0.15, 0.2) is 42.3 Å². The fourth-order valence-electron chi connectivity index (χ4n) is 2.17. The summed E-state index contributed by atoms with van der Waals surface area (Å²) < 4.78 is 2.30. The molecule has 70 valence electrons. The van der Waals surface area contributed by atoms with Crippen LogP contribution in [-0.2, 0) is 0 Å². The van der Waals surface area contributed by atoms with Crippen LogP contribution < -0.4 is 0 Å². The summed E-state index contributed by atoms with van der Waals surface area (Å²) in [7, 11) is 1.24. The molecule has 1 aromatic carbocycles. The van der Waals surface area contributed by atoms with Gasteiger partial charge in [0, 0.05) is 5.39 Å². The van der Waals surface area contributed by atoms with E-state index >= 15 is 0 Å². The van der Waals surface area contributed by atoms with Crippen LogP contribution in [0.1, 0.15) is 0 Å². The molecule has 0 bridgehead atoms. The van der Waals surface area contributed by atoms with Gasteiger partial charge in [-0.1, -0.05) is 18.2 Å². The van der Waals surface area contributed by atoms with Gasteiger partial charge in [-0.2, -0.15) is 0 Å². The number of pyridine rings is 1. The van der Waals surface area contributed by atoms with Crippen LogP contribution in [0.5, 0.6) is 0 Å². The molecule has 3 aromatic heterocycles. The quantitative estimate of drug-likeness (QED) is 0.433. The average molecular weight is 210 g/mol. The zero-order valence-corrected chi connectivity index (χ0v) is 8.78. The molecule has 0 radical (unpaired) electrons. The minimum Gasteiger partial charge on any atom is -0.302 e. The molecule has 4 aromatic rings. The van der Waals surface area contributed by atoms with E-state index in [1.807, 2.05) is 6.20 Å². The molecule has 15 heavy (non-hydrogen) atoms. The number of hydrogen-bond donors (Lipinski definition) is 0. The minimum atomic E-state index is 1.07. The lowest BCUT2D eigenvalue weighted by Gasteiger charge is -2.06. The number of nitrogens with zero attached hydrogens (tertiary/aromatic N) is 2. The Morgan fingerprint density at radius 1 is 1.13 bits per heavy atom. The zero-order valence-electron chi connectivity index (χ0n) is 7.88. The highest BCUT2D eigenvalue weighted by molar-refractivity contribution is 7.35. The summed E-state index contributed by atoms with van der Waals surface area (Å²) in [6, 6.07) is 10.6. The maximum Gasteiger partial charge on any atom is 0.0919 e. The maximum absolute atomic E-state index is 4.49. The number of hydrogen-bond acceptors (Lipinski definition) is 1. The Hall–Kier alpha value is -1.66.